The molecule has 3 aromatic heterocycles. The quantitative estimate of drug-likeness (QED) is 0.279. The highest BCUT2D eigenvalue weighted by Gasteiger charge is 2.27. The van der Waals surface area contributed by atoms with Crippen molar-refractivity contribution < 1.29 is 0 Å². The molecule has 0 unspecified atom stereocenters. The first-order valence-corrected chi connectivity index (χ1v) is 12.9. The number of benzene rings is 2. The number of nitrogens with zero attached hydrogens (tertiary/aromatic N) is 5. The maximum absolute atomic E-state index is 14.0. The predicted octanol–water partition coefficient (Wildman–Crippen LogP) is 6.46. The van der Waals surface area contributed by atoms with Gasteiger partial charge < -0.3 is 0 Å². The highest BCUT2D eigenvalue weighted by atomic mass is 16.2. The van der Waals surface area contributed by atoms with Crippen molar-refractivity contribution in [1.29, 1.82) is 0 Å². The van der Waals surface area contributed by atoms with E-state index in [0.29, 0.717) is 6.54 Å². The summed E-state index contributed by atoms with van der Waals surface area (Å²) in [5.74, 6) is 0. The van der Waals surface area contributed by atoms with E-state index in [1.807, 2.05) is 45.7 Å². The van der Waals surface area contributed by atoms with Crippen molar-refractivity contribution in [3.05, 3.63) is 86.6 Å². The molecular formula is C30H35N5O. The molecule has 0 saturated heterocycles. The van der Waals surface area contributed by atoms with Crippen LogP contribution in [0.2, 0.25) is 0 Å². The zero-order valence-corrected chi connectivity index (χ0v) is 22.4. The van der Waals surface area contributed by atoms with Crippen molar-refractivity contribution in [2.75, 3.05) is 0 Å². The minimum atomic E-state index is -0.00245. The number of imidazole rings is 1. The third-order valence-corrected chi connectivity index (χ3v) is 7.42. The average Bonchev–Trinajstić information content (AvgIpc) is 3.30. The first-order valence-electron chi connectivity index (χ1n) is 12.9. The van der Waals surface area contributed by atoms with Crippen LogP contribution in [0.5, 0.6) is 0 Å². The van der Waals surface area contributed by atoms with Crippen LogP contribution >= 0.6 is 0 Å². The van der Waals surface area contributed by atoms with Crippen LogP contribution in [0.25, 0.3) is 27.9 Å². The van der Waals surface area contributed by atoms with E-state index in [1.54, 1.807) is 0 Å². The summed E-state index contributed by atoms with van der Waals surface area (Å²) in [6, 6.07) is 14.7. The molecule has 6 heteroatoms. The van der Waals surface area contributed by atoms with E-state index in [0.717, 1.165) is 52.2 Å². The van der Waals surface area contributed by atoms with E-state index in [-0.39, 0.29) is 11.7 Å². The summed E-state index contributed by atoms with van der Waals surface area (Å²) in [5, 5.41) is 5.02. The largest absolute Gasteiger partial charge is 0.330 e. The molecule has 0 bridgehead atoms. The number of aromatic nitrogens is 5. The average molecular weight is 482 g/mol. The molecule has 0 spiro atoms. The second-order valence-electron chi connectivity index (χ2n) is 10.0. The fraction of sp³-hybridized carbons (Fsp3) is 0.367. The van der Waals surface area contributed by atoms with Crippen LogP contribution in [0.1, 0.15) is 66.4 Å². The normalized spacial score (nSPS) is 11.9. The number of aryl methyl sites for hydroxylation is 5. The molecule has 186 valence electrons. The summed E-state index contributed by atoms with van der Waals surface area (Å²) in [6.45, 7) is 15.3. The lowest BCUT2D eigenvalue weighted by Crippen LogP contribution is -2.28. The van der Waals surface area contributed by atoms with E-state index in [4.69, 9.17) is 10.1 Å². The zero-order chi connectivity index (χ0) is 25.7. The predicted molar refractivity (Wildman–Crippen MR) is 147 cm³/mol. The zero-order valence-electron chi connectivity index (χ0n) is 22.4. The summed E-state index contributed by atoms with van der Waals surface area (Å²) in [5.41, 5.74) is 11.3. The fourth-order valence-electron chi connectivity index (χ4n) is 5.85. The molecule has 0 aliphatic rings. The molecule has 0 aliphatic heterocycles. The van der Waals surface area contributed by atoms with Crippen LogP contribution in [0.3, 0.4) is 0 Å². The van der Waals surface area contributed by atoms with Crippen molar-refractivity contribution in [3.8, 4) is 11.1 Å². The second-order valence-corrected chi connectivity index (χ2v) is 10.0. The highest BCUT2D eigenvalue weighted by molar-refractivity contribution is 5.88. The van der Waals surface area contributed by atoms with Crippen molar-refractivity contribution in [2.45, 2.75) is 73.9 Å². The Hall–Kier alpha value is -3.67. The Balaban J connectivity index is 1.90. The lowest BCUT2D eigenvalue weighted by molar-refractivity contribution is 0.459. The molecule has 0 atom stereocenters. The number of fused-ring (bicyclic) bond motifs is 3. The fourth-order valence-corrected chi connectivity index (χ4v) is 5.85. The molecule has 2 aromatic carbocycles. The van der Waals surface area contributed by atoms with Gasteiger partial charge in [0.1, 0.15) is 5.52 Å². The molecule has 5 aromatic rings. The minimum Gasteiger partial charge on any atom is -0.284 e. The number of rotatable bonds is 6. The maximum atomic E-state index is 14.0. The molecule has 3 heterocycles. The lowest BCUT2D eigenvalue weighted by Gasteiger charge is -2.15. The summed E-state index contributed by atoms with van der Waals surface area (Å²) < 4.78 is 5.77. The molecule has 36 heavy (non-hydrogen) atoms. The van der Waals surface area contributed by atoms with Crippen LogP contribution in [-0.2, 0) is 6.54 Å². The maximum Gasteiger partial charge on any atom is 0.330 e. The Bertz CT molecular complexity index is 1630. The van der Waals surface area contributed by atoms with Gasteiger partial charge in [-0.25, -0.2) is 9.78 Å². The smallest absolute Gasteiger partial charge is 0.284 e. The van der Waals surface area contributed by atoms with Crippen molar-refractivity contribution >= 4 is 16.8 Å². The summed E-state index contributed by atoms with van der Waals surface area (Å²) in [7, 11) is 0. The molecule has 0 N–H and O–H groups in total. The summed E-state index contributed by atoms with van der Waals surface area (Å²) in [6.07, 6.45) is 1.74. The van der Waals surface area contributed by atoms with Crippen LogP contribution in [0.4, 0.5) is 0 Å². The van der Waals surface area contributed by atoms with Crippen LogP contribution < -0.4 is 5.69 Å². The molecule has 0 fully saturated rings. The van der Waals surface area contributed by atoms with Gasteiger partial charge in [-0.15, -0.1) is 0 Å². The van der Waals surface area contributed by atoms with Crippen LogP contribution in [-0.4, -0.2) is 23.7 Å². The summed E-state index contributed by atoms with van der Waals surface area (Å²) in [4.78, 5) is 19.1. The Morgan fingerprint density at radius 2 is 1.50 bits per heavy atom. The van der Waals surface area contributed by atoms with Gasteiger partial charge in [-0.3, -0.25) is 9.13 Å². The minimum absolute atomic E-state index is 0.00245. The lowest BCUT2D eigenvalue weighted by atomic mass is 9.94. The molecule has 0 amide bonds. The van der Waals surface area contributed by atoms with E-state index < -0.39 is 0 Å². The van der Waals surface area contributed by atoms with E-state index in [1.165, 1.54) is 22.3 Å². The molecule has 0 aliphatic carbocycles. The molecule has 0 saturated carbocycles. The SMILES string of the molecule is CCC(CC)n1c(=O)n(Cc2ccccc2)c2c(C)nc3c(-c4c(C)cc(C)cc4C)c(C)nn3c21. The van der Waals surface area contributed by atoms with Gasteiger partial charge in [-0.05, 0) is 69.7 Å². The number of hydrogen-bond acceptors (Lipinski definition) is 3. The molecule has 6 nitrogen and oxygen atoms in total. The Labute approximate surface area is 212 Å². The van der Waals surface area contributed by atoms with E-state index >= 15 is 0 Å². The monoisotopic (exact) mass is 481 g/mol. The molecule has 5 rings (SSSR count). The van der Waals surface area contributed by atoms with Gasteiger partial charge in [-0.2, -0.15) is 9.61 Å². The number of hydrogen-bond donors (Lipinski definition) is 0. The highest BCUT2D eigenvalue weighted by Crippen LogP contribution is 2.35. The first kappa shape index (κ1) is 24.0. The topological polar surface area (TPSA) is 57.1 Å². The van der Waals surface area contributed by atoms with Gasteiger partial charge in [0.2, 0.25) is 0 Å². The summed E-state index contributed by atoms with van der Waals surface area (Å²) >= 11 is 0. The van der Waals surface area contributed by atoms with Gasteiger partial charge >= 0.3 is 5.69 Å². The Morgan fingerprint density at radius 3 is 2.11 bits per heavy atom. The van der Waals surface area contributed by atoms with Gasteiger partial charge in [0, 0.05) is 6.04 Å². The Kier molecular flexibility index (Phi) is 6.07. The second kappa shape index (κ2) is 9.08. The van der Waals surface area contributed by atoms with E-state index in [9.17, 15) is 4.79 Å². The van der Waals surface area contributed by atoms with Gasteiger partial charge in [0.05, 0.1) is 23.5 Å². The molecular weight excluding hydrogens is 446 g/mol. The molecule has 0 radical (unpaired) electrons. The van der Waals surface area contributed by atoms with Gasteiger partial charge in [0.25, 0.3) is 0 Å². The van der Waals surface area contributed by atoms with E-state index in [2.05, 4.69) is 58.9 Å². The first-order chi connectivity index (χ1) is 17.3. The Morgan fingerprint density at radius 1 is 0.861 bits per heavy atom. The van der Waals surface area contributed by atoms with Crippen molar-refractivity contribution in [2.24, 2.45) is 0 Å². The third kappa shape index (κ3) is 3.67. The van der Waals surface area contributed by atoms with Crippen LogP contribution in [0, 0.1) is 34.6 Å². The third-order valence-electron chi connectivity index (χ3n) is 7.42. The van der Waals surface area contributed by atoms with Gasteiger partial charge in [0.15, 0.2) is 11.3 Å². The van der Waals surface area contributed by atoms with Gasteiger partial charge in [-0.1, -0.05) is 61.9 Å². The van der Waals surface area contributed by atoms with Crippen LogP contribution in [0.15, 0.2) is 47.3 Å². The van der Waals surface area contributed by atoms with Crippen molar-refractivity contribution in [1.82, 2.24) is 23.7 Å². The van der Waals surface area contributed by atoms with Crippen molar-refractivity contribution in [3.63, 3.8) is 0 Å². The standard InChI is InChI=1S/C30H35N5O/c1-8-24(9-2)34-29-27(33(30(34)36)17-23-13-11-10-12-14-23)22(7)31-28-26(21(6)32-35(28)29)25-19(4)15-18(3)16-20(25)5/h10-16,24H,8-9,17H2,1-7H3.